The molecule has 0 amide bonds. The van der Waals surface area contributed by atoms with Crippen LogP contribution in [-0.2, 0) is 4.79 Å². The smallest absolute Gasteiger partial charge is 0.313 e. The normalized spacial score (nSPS) is 9.84. The maximum absolute atomic E-state index is 10.6. The molecule has 19 heavy (non-hydrogen) atoms. The molecule has 0 unspecified atom stereocenters. The number of nitrogens with zero attached hydrogens (tertiary/aromatic N) is 3. The van der Waals surface area contributed by atoms with Crippen molar-refractivity contribution < 1.29 is 9.90 Å². The minimum absolute atomic E-state index is 0.127. The number of nitriles is 1. The number of hydrogen-bond acceptors (Lipinski definition) is 5. The van der Waals surface area contributed by atoms with Crippen molar-refractivity contribution in [2.45, 2.75) is 5.03 Å². The lowest BCUT2D eigenvalue weighted by molar-refractivity contribution is -0.133. The summed E-state index contributed by atoms with van der Waals surface area (Å²) in [6.07, 6.45) is 3.33. The summed E-state index contributed by atoms with van der Waals surface area (Å²) >= 11 is 1.03. The Kier molecular flexibility index (Phi) is 4.11. The highest BCUT2D eigenvalue weighted by molar-refractivity contribution is 7.99. The topological polar surface area (TPSA) is 86.9 Å². The average molecular weight is 271 g/mol. The summed E-state index contributed by atoms with van der Waals surface area (Å²) in [6.45, 7) is 0. The van der Waals surface area contributed by atoms with Gasteiger partial charge in [-0.25, -0.2) is 4.98 Å². The van der Waals surface area contributed by atoms with E-state index in [1.54, 1.807) is 30.6 Å². The Hall–Kier alpha value is -2.39. The van der Waals surface area contributed by atoms with Gasteiger partial charge in [-0.3, -0.25) is 9.78 Å². The molecule has 0 aliphatic heterocycles. The van der Waals surface area contributed by atoms with Crippen LogP contribution in [0.2, 0.25) is 0 Å². The van der Waals surface area contributed by atoms with Crippen LogP contribution in [0.25, 0.3) is 11.3 Å². The highest BCUT2D eigenvalue weighted by Crippen LogP contribution is 2.24. The zero-order valence-electron chi connectivity index (χ0n) is 9.78. The summed E-state index contributed by atoms with van der Waals surface area (Å²) in [7, 11) is 0. The summed E-state index contributed by atoms with van der Waals surface area (Å²) in [5.74, 6) is -1.07. The summed E-state index contributed by atoms with van der Waals surface area (Å²) < 4.78 is 0. The second kappa shape index (κ2) is 5.98. The van der Waals surface area contributed by atoms with Gasteiger partial charge in [-0.1, -0.05) is 11.8 Å². The number of carboxylic acid groups (broad SMARTS) is 1. The first-order chi connectivity index (χ1) is 9.20. The predicted molar refractivity (Wildman–Crippen MR) is 70.5 cm³/mol. The maximum Gasteiger partial charge on any atom is 0.313 e. The molecule has 0 aliphatic carbocycles. The van der Waals surface area contributed by atoms with Crippen molar-refractivity contribution in [1.29, 1.82) is 5.26 Å². The lowest BCUT2D eigenvalue weighted by atomic mass is 10.2. The van der Waals surface area contributed by atoms with E-state index in [1.165, 1.54) is 0 Å². The fourth-order valence-electron chi connectivity index (χ4n) is 1.44. The first-order valence-electron chi connectivity index (χ1n) is 5.37. The van der Waals surface area contributed by atoms with E-state index in [4.69, 9.17) is 10.4 Å². The van der Waals surface area contributed by atoms with Gasteiger partial charge in [-0.2, -0.15) is 5.26 Å². The fraction of sp³-hybridized carbons (Fsp3) is 0.0769. The van der Waals surface area contributed by atoms with Crippen LogP contribution in [-0.4, -0.2) is 26.8 Å². The minimum atomic E-state index is -0.942. The predicted octanol–water partition coefficient (Wildman–Crippen LogP) is 2.19. The van der Waals surface area contributed by atoms with Crippen LogP contribution >= 0.6 is 11.8 Å². The number of thioether (sulfide) groups is 1. The molecule has 0 fully saturated rings. The molecule has 2 rings (SSSR count). The quantitative estimate of drug-likeness (QED) is 0.858. The van der Waals surface area contributed by atoms with E-state index in [-0.39, 0.29) is 5.75 Å². The average Bonchev–Trinajstić information content (AvgIpc) is 2.45. The number of aromatic nitrogens is 2. The van der Waals surface area contributed by atoms with E-state index in [9.17, 15) is 4.79 Å². The molecule has 0 saturated heterocycles. The summed E-state index contributed by atoms with van der Waals surface area (Å²) in [4.78, 5) is 18.9. The molecule has 94 valence electrons. The molecule has 2 heterocycles. The van der Waals surface area contributed by atoms with Crippen molar-refractivity contribution in [3.05, 3.63) is 42.2 Å². The fourth-order valence-corrected chi connectivity index (χ4v) is 2.13. The molecule has 5 nitrogen and oxygen atoms in total. The van der Waals surface area contributed by atoms with Crippen LogP contribution in [0.15, 0.2) is 41.7 Å². The largest absolute Gasteiger partial charge is 0.481 e. The van der Waals surface area contributed by atoms with Crippen molar-refractivity contribution in [3.63, 3.8) is 0 Å². The molecule has 0 saturated carbocycles. The van der Waals surface area contributed by atoms with Crippen LogP contribution < -0.4 is 0 Å². The van der Waals surface area contributed by atoms with Crippen molar-refractivity contribution >= 4 is 17.7 Å². The summed E-state index contributed by atoms with van der Waals surface area (Å²) in [5.41, 5.74) is 1.86. The number of rotatable bonds is 4. The number of pyridine rings is 2. The van der Waals surface area contributed by atoms with Gasteiger partial charge in [0.25, 0.3) is 0 Å². The number of hydrogen-bond donors (Lipinski definition) is 1. The van der Waals surface area contributed by atoms with Gasteiger partial charge < -0.3 is 5.11 Å². The van der Waals surface area contributed by atoms with E-state index < -0.39 is 5.97 Å². The van der Waals surface area contributed by atoms with E-state index >= 15 is 0 Å². The molecule has 0 aliphatic rings. The van der Waals surface area contributed by atoms with Gasteiger partial charge >= 0.3 is 5.97 Å². The third-order valence-electron chi connectivity index (χ3n) is 2.27. The van der Waals surface area contributed by atoms with Crippen LogP contribution in [0, 0.1) is 11.3 Å². The van der Waals surface area contributed by atoms with Crippen LogP contribution in [0.4, 0.5) is 0 Å². The van der Waals surface area contributed by atoms with E-state index in [2.05, 4.69) is 9.97 Å². The molecule has 6 heteroatoms. The number of carbonyl (C=O) groups is 1. The molecule has 0 aromatic carbocycles. The Morgan fingerprint density at radius 3 is 2.89 bits per heavy atom. The monoisotopic (exact) mass is 271 g/mol. The number of carboxylic acids is 1. The zero-order valence-corrected chi connectivity index (χ0v) is 10.6. The van der Waals surface area contributed by atoms with E-state index in [1.807, 2.05) is 12.1 Å². The van der Waals surface area contributed by atoms with Gasteiger partial charge in [0.15, 0.2) is 0 Å². The number of aliphatic carboxylic acids is 1. The Labute approximate surface area is 113 Å². The Balaban J connectivity index is 2.36. The third-order valence-corrected chi connectivity index (χ3v) is 3.25. The van der Waals surface area contributed by atoms with Crippen LogP contribution in [0.3, 0.4) is 0 Å². The summed E-state index contributed by atoms with van der Waals surface area (Å²) in [5, 5.41) is 18.1. The van der Waals surface area contributed by atoms with Gasteiger partial charge in [-0.05, 0) is 24.3 Å². The van der Waals surface area contributed by atoms with Crippen molar-refractivity contribution in [2.75, 3.05) is 5.75 Å². The van der Waals surface area contributed by atoms with Crippen molar-refractivity contribution in [3.8, 4) is 17.3 Å². The second-order valence-electron chi connectivity index (χ2n) is 3.59. The lowest BCUT2D eigenvalue weighted by Crippen LogP contribution is -2.00. The first kappa shape index (κ1) is 13.1. The Morgan fingerprint density at radius 1 is 1.42 bits per heavy atom. The van der Waals surface area contributed by atoms with Crippen LogP contribution in [0.5, 0.6) is 0 Å². The highest BCUT2D eigenvalue weighted by atomic mass is 32.2. The molecule has 0 atom stereocenters. The Morgan fingerprint density at radius 2 is 2.26 bits per heavy atom. The van der Waals surface area contributed by atoms with Crippen LogP contribution in [0.1, 0.15) is 5.56 Å². The summed E-state index contributed by atoms with van der Waals surface area (Å²) in [6, 6.07) is 9.01. The molecule has 0 radical (unpaired) electrons. The van der Waals surface area contributed by atoms with E-state index in [0.717, 1.165) is 17.3 Å². The van der Waals surface area contributed by atoms with Gasteiger partial charge in [0.05, 0.1) is 17.0 Å². The van der Waals surface area contributed by atoms with E-state index in [0.29, 0.717) is 16.3 Å². The van der Waals surface area contributed by atoms with Gasteiger partial charge in [0.2, 0.25) is 0 Å². The lowest BCUT2D eigenvalue weighted by Gasteiger charge is -2.05. The van der Waals surface area contributed by atoms with Crippen molar-refractivity contribution in [1.82, 2.24) is 9.97 Å². The second-order valence-corrected chi connectivity index (χ2v) is 4.55. The molecule has 2 aromatic rings. The SMILES string of the molecule is N#Cc1ccc(-c2cccnc2)nc1SCC(=O)O. The standard InChI is InChI=1S/C13H9N3O2S/c14-6-9-3-4-11(10-2-1-5-15-7-10)16-13(9)19-8-12(17)18/h1-5,7H,8H2,(H,17,18). The third kappa shape index (κ3) is 3.30. The molecule has 0 spiro atoms. The Bertz CT molecular complexity index is 638. The first-order valence-corrected chi connectivity index (χ1v) is 6.35. The zero-order chi connectivity index (χ0) is 13.7. The van der Waals surface area contributed by atoms with Gasteiger partial charge in [0, 0.05) is 18.0 Å². The molecular formula is C13H9N3O2S. The van der Waals surface area contributed by atoms with Gasteiger partial charge in [-0.15, -0.1) is 0 Å². The van der Waals surface area contributed by atoms with Crippen molar-refractivity contribution in [2.24, 2.45) is 0 Å². The molecule has 0 bridgehead atoms. The highest BCUT2D eigenvalue weighted by Gasteiger charge is 2.09. The molecular weight excluding hydrogens is 262 g/mol. The molecule has 1 N–H and O–H groups in total. The molecule has 2 aromatic heterocycles. The minimum Gasteiger partial charge on any atom is -0.481 e. The maximum atomic E-state index is 10.6. The van der Waals surface area contributed by atoms with Gasteiger partial charge in [0.1, 0.15) is 11.1 Å².